The zero-order chi connectivity index (χ0) is 14.1. The Bertz CT molecular complexity index is 368. The molecule has 0 radical (unpaired) electrons. The molecule has 0 aliphatic rings. The first-order chi connectivity index (χ1) is 9.22. The standard InChI is InChI=1S/C13H24BrN5/c1-4-7-15-12-11(14)13(18-10-17-12)16-8-9-19(5-2)6-3/h10H,4-9H2,1-3H3,(H2,15,16,17,18). The number of nitrogens with one attached hydrogen (secondary N) is 2. The highest BCUT2D eigenvalue weighted by atomic mass is 79.9. The molecule has 0 saturated carbocycles. The summed E-state index contributed by atoms with van der Waals surface area (Å²) in [6, 6.07) is 0. The Morgan fingerprint density at radius 2 is 1.63 bits per heavy atom. The van der Waals surface area contributed by atoms with E-state index in [-0.39, 0.29) is 0 Å². The molecule has 0 aromatic carbocycles. The molecule has 1 aromatic rings. The van der Waals surface area contributed by atoms with Crippen molar-refractivity contribution in [2.24, 2.45) is 0 Å². The number of hydrogen-bond donors (Lipinski definition) is 2. The van der Waals surface area contributed by atoms with Gasteiger partial charge in [-0.05, 0) is 35.4 Å². The van der Waals surface area contributed by atoms with Crippen LogP contribution in [0.3, 0.4) is 0 Å². The predicted molar refractivity (Wildman–Crippen MR) is 84.8 cm³/mol. The van der Waals surface area contributed by atoms with Crippen LogP contribution in [-0.2, 0) is 0 Å². The number of rotatable bonds is 9. The summed E-state index contributed by atoms with van der Waals surface area (Å²) in [5, 5.41) is 6.63. The van der Waals surface area contributed by atoms with Gasteiger partial charge in [-0.3, -0.25) is 0 Å². The van der Waals surface area contributed by atoms with Gasteiger partial charge in [0.2, 0.25) is 0 Å². The number of nitrogens with zero attached hydrogens (tertiary/aromatic N) is 3. The van der Waals surface area contributed by atoms with Gasteiger partial charge in [-0.2, -0.15) is 0 Å². The summed E-state index contributed by atoms with van der Waals surface area (Å²) >= 11 is 3.55. The van der Waals surface area contributed by atoms with E-state index in [4.69, 9.17) is 0 Å². The lowest BCUT2D eigenvalue weighted by Gasteiger charge is -2.18. The van der Waals surface area contributed by atoms with Crippen LogP contribution in [0.5, 0.6) is 0 Å². The molecule has 0 fully saturated rings. The molecule has 0 aliphatic carbocycles. The van der Waals surface area contributed by atoms with Crippen LogP contribution in [0.25, 0.3) is 0 Å². The summed E-state index contributed by atoms with van der Waals surface area (Å²) < 4.78 is 0.906. The first-order valence-electron chi connectivity index (χ1n) is 6.93. The fourth-order valence-corrected chi connectivity index (χ4v) is 2.22. The molecule has 0 atom stereocenters. The zero-order valence-electron chi connectivity index (χ0n) is 12.0. The van der Waals surface area contributed by atoms with E-state index < -0.39 is 0 Å². The molecule has 1 heterocycles. The Morgan fingerprint density at radius 1 is 1.05 bits per heavy atom. The number of aromatic nitrogens is 2. The smallest absolute Gasteiger partial charge is 0.145 e. The molecule has 108 valence electrons. The molecule has 0 spiro atoms. The summed E-state index contributed by atoms with van der Waals surface area (Å²) in [6.07, 6.45) is 2.66. The van der Waals surface area contributed by atoms with Gasteiger partial charge in [0.25, 0.3) is 0 Å². The van der Waals surface area contributed by atoms with Crippen LogP contribution < -0.4 is 10.6 Å². The molecule has 6 heteroatoms. The minimum absolute atomic E-state index is 0.848. The Kier molecular flexibility index (Phi) is 7.74. The SMILES string of the molecule is CCCNc1ncnc(NCCN(CC)CC)c1Br. The molecule has 0 amide bonds. The van der Waals surface area contributed by atoms with Gasteiger partial charge in [-0.15, -0.1) is 0 Å². The van der Waals surface area contributed by atoms with Gasteiger partial charge in [-0.25, -0.2) is 9.97 Å². The van der Waals surface area contributed by atoms with Crippen molar-refractivity contribution in [1.29, 1.82) is 0 Å². The van der Waals surface area contributed by atoms with E-state index in [2.05, 4.69) is 62.2 Å². The zero-order valence-corrected chi connectivity index (χ0v) is 13.6. The third-order valence-corrected chi connectivity index (χ3v) is 3.70. The van der Waals surface area contributed by atoms with Crippen LogP contribution in [0.2, 0.25) is 0 Å². The van der Waals surface area contributed by atoms with Crippen LogP contribution in [-0.4, -0.2) is 47.6 Å². The van der Waals surface area contributed by atoms with E-state index in [1.807, 2.05) is 0 Å². The Hall–Kier alpha value is -0.880. The van der Waals surface area contributed by atoms with Crippen molar-refractivity contribution in [2.45, 2.75) is 27.2 Å². The molecule has 0 saturated heterocycles. The first-order valence-corrected chi connectivity index (χ1v) is 7.72. The van der Waals surface area contributed by atoms with Crippen molar-refractivity contribution in [1.82, 2.24) is 14.9 Å². The summed E-state index contributed by atoms with van der Waals surface area (Å²) in [5.74, 6) is 1.70. The molecule has 2 N–H and O–H groups in total. The average Bonchev–Trinajstić information content (AvgIpc) is 2.44. The van der Waals surface area contributed by atoms with Gasteiger partial charge in [-0.1, -0.05) is 20.8 Å². The van der Waals surface area contributed by atoms with Gasteiger partial charge < -0.3 is 15.5 Å². The van der Waals surface area contributed by atoms with Gasteiger partial charge in [0, 0.05) is 19.6 Å². The van der Waals surface area contributed by atoms with Gasteiger partial charge in [0.05, 0.1) is 0 Å². The highest BCUT2D eigenvalue weighted by Crippen LogP contribution is 2.26. The lowest BCUT2D eigenvalue weighted by Crippen LogP contribution is -2.28. The van der Waals surface area contributed by atoms with Crippen LogP contribution in [0.4, 0.5) is 11.6 Å². The number of anilines is 2. The minimum Gasteiger partial charge on any atom is -0.369 e. The number of hydrogen-bond acceptors (Lipinski definition) is 5. The van der Waals surface area contributed by atoms with Crippen molar-refractivity contribution in [3.63, 3.8) is 0 Å². The molecular weight excluding hydrogens is 306 g/mol. The first kappa shape index (κ1) is 16.2. The Morgan fingerprint density at radius 3 is 2.16 bits per heavy atom. The van der Waals surface area contributed by atoms with E-state index in [0.717, 1.165) is 55.3 Å². The maximum atomic E-state index is 4.27. The molecule has 0 bridgehead atoms. The van der Waals surface area contributed by atoms with Crippen LogP contribution in [0.1, 0.15) is 27.2 Å². The molecule has 5 nitrogen and oxygen atoms in total. The summed E-state index contributed by atoms with van der Waals surface area (Å²) in [5.41, 5.74) is 0. The largest absolute Gasteiger partial charge is 0.369 e. The monoisotopic (exact) mass is 329 g/mol. The lowest BCUT2D eigenvalue weighted by molar-refractivity contribution is 0.316. The van der Waals surface area contributed by atoms with E-state index in [0.29, 0.717) is 0 Å². The Labute approximate surface area is 124 Å². The third-order valence-electron chi connectivity index (χ3n) is 2.95. The van der Waals surface area contributed by atoms with Gasteiger partial charge in [0.1, 0.15) is 22.4 Å². The van der Waals surface area contributed by atoms with Crippen LogP contribution in [0, 0.1) is 0 Å². The molecule has 1 aromatic heterocycles. The molecule has 19 heavy (non-hydrogen) atoms. The lowest BCUT2D eigenvalue weighted by atomic mass is 10.4. The maximum Gasteiger partial charge on any atom is 0.145 e. The fourth-order valence-electron chi connectivity index (χ4n) is 1.73. The second kappa shape index (κ2) is 9.09. The van der Waals surface area contributed by atoms with Crippen LogP contribution >= 0.6 is 15.9 Å². The summed E-state index contributed by atoms with van der Waals surface area (Å²) in [7, 11) is 0. The topological polar surface area (TPSA) is 53.1 Å². The number of likely N-dealkylation sites (N-methyl/N-ethyl adjacent to an activating group) is 1. The van der Waals surface area contributed by atoms with E-state index >= 15 is 0 Å². The number of halogens is 1. The van der Waals surface area contributed by atoms with E-state index in [1.54, 1.807) is 6.33 Å². The average molecular weight is 330 g/mol. The van der Waals surface area contributed by atoms with Crippen LogP contribution in [0.15, 0.2) is 10.8 Å². The van der Waals surface area contributed by atoms with Crippen molar-refractivity contribution in [3.8, 4) is 0 Å². The van der Waals surface area contributed by atoms with E-state index in [9.17, 15) is 0 Å². The summed E-state index contributed by atoms with van der Waals surface area (Å²) in [4.78, 5) is 10.9. The van der Waals surface area contributed by atoms with Crippen molar-refractivity contribution < 1.29 is 0 Å². The maximum absolute atomic E-state index is 4.27. The highest BCUT2D eigenvalue weighted by Gasteiger charge is 2.08. The fraction of sp³-hybridized carbons (Fsp3) is 0.692. The van der Waals surface area contributed by atoms with Gasteiger partial charge in [0.15, 0.2) is 0 Å². The molecule has 1 rings (SSSR count). The second-order valence-electron chi connectivity index (χ2n) is 4.27. The third kappa shape index (κ3) is 5.32. The predicted octanol–water partition coefficient (Wildman–Crippen LogP) is 2.81. The highest BCUT2D eigenvalue weighted by molar-refractivity contribution is 9.10. The summed E-state index contributed by atoms with van der Waals surface area (Å²) in [6.45, 7) is 11.4. The van der Waals surface area contributed by atoms with Gasteiger partial charge >= 0.3 is 0 Å². The molecule has 0 unspecified atom stereocenters. The van der Waals surface area contributed by atoms with Crippen molar-refractivity contribution >= 4 is 27.6 Å². The quantitative estimate of drug-likeness (QED) is 0.729. The molecule has 0 aliphatic heterocycles. The van der Waals surface area contributed by atoms with Crippen molar-refractivity contribution in [3.05, 3.63) is 10.8 Å². The second-order valence-corrected chi connectivity index (χ2v) is 5.06. The van der Waals surface area contributed by atoms with E-state index in [1.165, 1.54) is 0 Å². The molecular formula is C13H24BrN5. The minimum atomic E-state index is 0.848. The Balaban J connectivity index is 2.53. The normalized spacial score (nSPS) is 10.8. The van der Waals surface area contributed by atoms with Crippen molar-refractivity contribution in [2.75, 3.05) is 43.4 Å².